The molecule has 2 heterocycles. The molecule has 0 amide bonds. The minimum absolute atomic E-state index is 0.0383. The quantitative estimate of drug-likeness (QED) is 0.891. The summed E-state index contributed by atoms with van der Waals surface area (Å²) in [5.41, 5.74) is 6.80. The van der Waals surface area contributed by atoms with Crippen LogP contribution in [0, 0.1) is 0 Å². The van der Waals surface area contributed by atoms with Gasteiger partial charge in [0.1, 0.15) is 5.03 Å². The highest BCUT2D eigenvalue weighted by Gasteiger charge is 2.03. The predicted octanol–water partition coefficient (Wildman–Crippen LogP) is 2.71. The summed E-state index contributed by atoms with van der Waals surface area (Å²) in [6.07, 6.45) is 3.62. The second kappa shape index (κ2) is 4.74. The predicted molar refractivity (Wildman–Crippen MR) is 63.1 cm³/mol. The Kier molecular flexibility index (Phi) is 3.35. The van der Waals surface area contributed by atoms with Gasteiger partial charge in [0, 0.05) is 23.8 Å². The van der Waals surface area contributed by atoms with E-state index in [0.29, 0.717) is 0 Å². The fourth-order valence-electron chi connectivity index (χ4n) is 1.07. The Bertz CT molecular complexity index is 409. The lowest BCUT2D eigenvalue weighted by atomic mass is 10.2. The largest absolute Gasteiger partial charge is 0.324 e. The third-order valence-corrected chi connectivity index (χ3v) is 3.72. The average Bonchev–Trinajstić information content (AvgIpc) is 2.71. The molecule has 5 heteroatoms. The highest BCUT2D eigenvalue weighted by molar-refractivity contribution is 8.00. The van der Waals surface area contributed by atoms with E-state index in [0.717, 1.165) is 14.9 Å². The van der Waals surface area contributed by atoms with E-state index in [1.165, 1.54) is 0 Å². The fourth-order valence-corrected chi connectivity index (χ4v) is 2.58. The maximum absolute atomic E-state index is 5.74. The van der Waals surface area contributed by atoms with Crippen molar-refractivity contribution in [3.8, 4) is 0 Å². The maximum atomic E-state index is 5.74. The van der Waals surface area contributed by atoms with Crippen LogP contribution in [0.15, 0.2) is 39.3 Å². The molecule has 0 radical (unpaired) electrons. The Morgan fingerprint density at radius 3 is 2.80 bits per heavy atom. The number of aromatic nitrogens is 2. The summed E-state index contributed by atoms with van der Waals surface area (Å²) in [7, 11) is 0. The van der Waals surface area contributed by atoms with E-state index in [1.54, 1.807) is 29.3 Å². The van der Waals surface area contributed by atoms with Gasteiger partial charge in [-0.1, -0.05) is 6.07 Å². The lowest BCUT2D eigenvalue weighted by Crippen LogP contribution is -2.04. The van der Waals surface area contributed by atoms with Crippen LogP contribution in [0.2, 0.25) is 0 Å². The van der Waals surface area contributed by atoms with E-state index in [-0.39, 0.29) is 6.04 Å². The molecule has 0 spiro atoms. The number of hydrogen-bond acceptors (Lipinski definition) is 5. The third kappa shape index (κ3) is 2.77. The number of pyridine rings is 1. The van der Waals surface area contributed by atoms with Crippen LogP contribution < -0.4 is 5.73 Å². The molecular weight excluding hydrogens is 226 g/mol. The van der Waals surface area contributed by atoms with E-state index in [9.17, 15) is 0 Å². The summed E-state index contributed by atoms with van der Waals surface area (Å²) in [6.45, 7) is 1.95. The Morgan fingerprint density at radius 1 is 1.40 bits per heavy atom. The summed E-state index contributed by atoms with van der Waals surface area (Å²) >= 11 is 3.19. The normalized spacial score (nSPS) is 12.7. The highest BCUT2D eigenvalue weighted by atomic mass is 32.2. The fraction of sp³-hybridized carbons (Fsp3) is 0.200. The number of rotatable bonds is 3. The van der Waals surface area contributed by atoms with Crippen LogP contribution in [-0.2, 0) is 0 Å². The summed E-state index contributed by atoms with van der Waals surface area (Å²) in [4.78, 5) is 8.51. The Balaban J connectivity index is 2.11. The molecule has 2 rings (SSSR count). The molecule has 0 bridgehead atoms. The van der Waals surface area contributed by atoms with E-state index >= 15 is 0 Å². The van der Waals surface area contributed by atoms with Crippen molar-refractivity contribution < 1.29 is 0 Å². The second-order valence-electron chi connectivity index (χ2n) is 3.12. The van der Waals surface area contributed by atoms with Gasteiger partial charge in [-0.05, 0) is 30.3 Å². The second-order valence-corrected chi connectivity index (χ2v) is 5.28. The molecule has 15 heavy (non-hydrogen) atoms. The van der Waals surface area contributed by atoms with Crippen LogP contribution >= 0.6 is 23.1 Å². The van der Waals surface area contributed by atoms with Crippen LogP contribution in [-0.4, -0.2) is 9.97 Å². The molecule has 0 aliphatic rings. The van der Waals surface area contributed by atoms with Gasteiger partial charge in [-0.2, -0.15) is 0 Å². The van der Waals surface area contributed by atoms with Crippen LogP contribution in [0.5, 0.6) is 0 Å². The first-order valence-electron chi connectivity index (χ1n) is 4.54. The first kappa shape index (κ1) is 10.6. The molecule has 78 valence electrons. The molecule has 2 aromatic rings. The van der Waals surface area contributed by atoms with Crippen molar-refractivity contribution in [1.82, 2.24) is 9.97 Å². The highest BCUT2D eigenvalue weighted by Crippen LogP contribution is 2.27. The summed E-state index contributed by atoms with van der Waals surface area (Å²) < 4.78 is 1.01. The maximum Gasteiger partial charge on any atom is 0.156 e. The average molecular weight is 237 g/mol. The molecule has 0 saturated heterocycles. The van der Waals surface area contributed by atoms with Gasteiger partial charge in [0.15, 0.2) is 4.34 Å². The summed E-state index contributed by atoms with van der Waals surface area (Å²) in [5, 5.41) is 2.91. The van der Waals surface area contributed by atoms with Crippen molar-refractivity contribution in [2.45, 2.75) is 22.3 Å². The molecule has 1 unspecified atom stereocenters. The van der Waals surface area contributed by atoms with Crippen LogP contribution in [0.25, 0.3) is 0 Å². The van der Waals surface area contributed by atoms with Crippen molar-refractivity contribution >= 4 is 23.1 Å². The third-order valence-electron chi connectivity index (χ3n) is 1.89. The van der Waals surface area contributed by atoms with Crippen molar-refractivity contribution in [1.29, 1.82) is 0 Å². The molecule has 2 aromatic heterocycles. The summed E-state index contributed by atoms with van der Waals surface area (Å²) in [5.74, 6) is 0. The van der Waals surface area contributed by atoms with Gasteiger partial charge in [-0.3, -0.25) is 0 Å². The number of hydrogen-bond donors (Lipinski definition) is 1. The van der Waals surface area contributed by atoms with Crippen LogP contribution in [0.3, 0.4) is 0 Å². The van der Waals surface area contributed by atoms with Gasteiger partial charge in [-0.25, -0.2) is 9.97 Å². The van der Waals surface area contributed by atoms with Gasteiger partial charge in [0.25, 0.3) is 0 Å². The zero-order valence-electron chi connectivity index (χ0n) is 8.25. The monoisotopic (exact) mass is 237 g/mol. The van der Waals surface area contributed by atoms with E-state index in [1.807, 2.05) is 30.6 Å². The number of thiazole rings is 1. The van der Waals surface area contributed by atoms with Crippen molar-refractivity contribution in [3.63, 3.8) is 0 Å². The van der Waals surface area contributed by atoms with Gasteiger partial charge in [-0.15, -0.1) is 11.3 Å². The smallest absolute Gasteiger partial charge is 0.156 e. The van der Waals surface area contributed by atoms with Gasteiger partial charge in [0.05, 0.1) is 0 Å². The molecule has 3 nitrogen and oxygen atoms in total. The van der Waals surface area contributed by atoms with Crippen LogP contribution in [0.4, 0.5) is 0 Å². The molecule has 0 aliphatic carbocycles. The lowest BCUT2D eigenvalue weighted by molar-refractivity contribution is 0.806. The number of nitrogens with zero attached hydrogens (tertiary/aromatic N) is 2. The zero-order valence-corrected chi connectivity index (χ0v) is 9.89. The van der Waals surface area contributed by atoms with Crippen LogP contribution in [0.1, 0.15) is 18.5 Å². The molecule has 0 aliphatic heterocycles. The number of nitrogens with two attached hydrogens (primary N) is 1. The molecule has 0 saturated carbocycles. The van der Waals surface area contributed by atoms with E-state index < -0.39 is 0 Å². The van der Waals surface area contributed by atoms with Gasteiger partial charge in [0.2, 0.25) is 0 Å². The minimum Gasteiger partial charge on any atom is -0.324 e. The van der Waals surface area contributed by atoms with E-state index in [2.05, 4.69) is 9.97 Å². The summed E-state index contributed by atoms with van der Waals surface area (Å²) in [6, 6.07) is 4.02. The van der Waals surface area contributed by atoms with Crippen molar-refractivity contribution in [2.75, 3.05) is 0 Å². The van der Waals surface area contributed by atoms with Crippen molar-refractivity contribution in [2.24, 2.45) is 5.73 Å². The minimum atomic E-state index is 0.0383. The first-order valence-corrected chi connectivity index (χ1v) is 6.24. The first-order chi connectivity index (χ1) is 7.25. The Morgan fingerprint density at radius 2 is 2.27 bits per heavy atom. The SMILES string of the molecule is CC(N)c1ccc(Sc2nccs2)nc1. The van der Waals surface area contributed by atoms with Crippen molar-refractivity contribution in [3.05, 3.63) is 35.5 Å². The lowest BCUT2D eigenvalue weighted by Gasteiger charge is -2.04. The standard InChI is InChI=1S/C10H11N3S2/c1-7(11)8-2-3-9(13-6-8)15-10-12-4-5-14-10/h2-7H,11H2,1H3. The Labute approximate surface area is 96.8 Å². The molecule has 2 N–H and O–H groups in total. The molecule has 1 atom stereocenters. The molecular formula is C10H11N3S2. The Hall–Kier alpha value is -0.910. The van der Waals surface area contributed by atoms with E-state index in [4.69, 9.17) is 5.73 Å². The van der Waals surface area contributed by atoms with Gasteiger partial charge < -0.3 is 5.73 Å². The zero-order chi connectivity index (χ0) is 10.7. The van der Waals surface area contributed by atoms with Gasteiger partial charge >= 0.3 is 0 Å². The molecule has 0 fully saturated rings. The molecule has 0 aromatic carbocycles. The topological polar surface area (TPSA) is 51.8 Å².